The maximum absolute atomic E-state index is 11.0. The van der Waals surface area contributed by atoms with E-state index in [2.05, 4.69) is 30.5 Å². The zero-order chi connectivity index (χ0) is 15.2. The number of cyclic esters (lactones) is 1. The van der Waals surface area contributed by atoms with Crippen LogP contribution in [0, 0.1) is 12.8 Å². The summed E-state index contributed by atoms with van der Waals surface area (Å²) in [5, 5.41) is 6.05. The molecule has 0 bridgehead atoms. The van der Waals surface area contributed by atoms with Gasteiger partial charge < -0.3 is 20.1 Å². The molecule has 1 aromatic rings. The van der Waals surface area contributed by atoms with E-state index in [4.69, 9.17) is 9.47 Å². The van der Waals surface area contributed by atoms with Gasteiger partial charge in [-0.15, -0.1) is 0 Å². The number of alkyl carbamates (subject to hydrolysis) is 1. The molecule has 116 valence electrons. The molecule has 1 aliphatic rings. The first-order valence-electron chi connectivity index (χ1n) is 7.42. The van der Waals surface area contributed by atoms with Gasteiger partial charge in [-0.05, 0) is 24.9 Å². The number of aryl methyl sites for hydroxylation is 1. The van der Waals surface area contributed by atoms with Gasteiger partial charge in [0.15, 0.2) is 6.10 Å². The predicted molar refractivity (Wildman–Crippen MR) is 81.5 cm³/mol. The molecule has 0 spiro atoms. The van der Waals surface area contributed by atoms with Crippen molar-refractivity contribution in [1.82, 2.24) is 10.6 Å². The Bertz CT molecular complexity index is 488. The number of carbonyl (C=O) groups excluding carboxylic acids is 1. The molecule has 2 rings (SSSR count). The van der Waals surface area contributed by atoms with Crippen LogP contribution in [0.1, 0.15) is 25.0 Å². The Labute approximate surface area is 126 Å². The molecule has 0 radical (unpaired) electrons. The topological polar surface area (TPSA) is 59.6 Å². The lowest BCUT2D eigenvalue weighted by molar-refractivity contribution is 0.104. The van der Waals surface area contributed by atoms with E-state index in [9.17, 15) is 4.79 Å². The summed E-state index contributed by atoms with van der Waals surface area (Å²) in [7, 11) is 0. The van der Waals surface area contributed by atoms with Crippen LogP contribution in [-0.4, -0.2) is 31.9 Å². The fraction of sp³-hybridized carbons (Fsp3) is 0.562. The van der Waals surface area contributed by atoms with Crippen molar-refractivity contribution in [1.29, 1.82) is 0 Å². The molecule has 5 nitrogen and oxygen atoms in total. The van der Waals surface area contributed by atoms with Crippen molar-refractivity contribution in [2.24, 2.45) is 5.92 Å². The molecule has 1 aliphatic heterocycles. The zero-order valence-electron chi connectivity index (χ0n) is 12.9. The minimum Gasteiger partial charge on any atom is -0.489 e. The van der Waals surface area contributed by atoms with Gasteiger partial charge in [0.05, 0.1) is 6.54 Å². The van der Waals surface area contributed by atoms with Crippen LogP contribution in [0.5, 0.6) is 5.75 Å². The van der Waals surface area contributed by atoms with E-state index in [1.165, 1.54) is 0 Å². The lowest BCUT2D eigenvalue weighted by Crippen LogP contribution is -2.23. The number of hydrogen-bond acceptors (Lipinski definition) is 4. The second kappa shape index (κ2) is 7.31. The first-order chi connectivity index (χ1) is 10.1. The number of hydrogen-bond donors (Lipinski definition) is 2. The summed E-state index contributed by atoms with van der Waals surface area (Å²) in [5.41, 5.74) is 2.23. The maximum Gasteiger partial charge on any atom is 0.407 e. The maximum atomic E-state index is 11.0. The van der Waals surface area contributed by atoms with Crippen LogP contribution >= 0.6 is 0 Å². The summed E-state index contributed by atoms with van der Waals surface area (Å²) >= 11 is 0. The summed E-state index contributed by atoms with van der Waals surface area (Å²) in [6.45, 7) is 9.02. The first kappa shape index (κ1) is 15.6. The highest BCUT2D eigenvalue weighted by molar-refractivity contribution is 5.69. The van der Waals surface area contributed by atoms with Crippen molar-refractivity contribution >= 4 is 6.09 Å². The number of amides is 1. The third-order valence-corrected chi connectivity index (χ3v) is 3.32. The molecule has 1 unspecified atom stereocenters. The minimum absolute atomic E-state index is 0.214. The molecule has 1 amide bonds. The summed E-state index contributed by atoms with van der Waals surface area (Å²) in [4.78, 5) is 11.0. The van der Waals surface area contributed by atoms with Crippen molar-refractivity contribution in [3.8, 4) is 5.75 Å². The summed E-state index contributed by atoms with van der Waals surface area (Å²) in [6.07, 6.45) is -0.583. The molecule has 1 fully saturated rings. The highest BCUT2D eigenvalue weighted by Crippen LogP contribution is 2.24. The molecule has 1 saturated heterocycles. The van der Waals surface area contributed by atoms with Gasteiger partial charge in [-0.3, -0.25) is 0 Å². The van der Waals surface area contributed by atoms with Gasteiger partial charge in [0.1, 0.15) is 12.4 Å². The average molecular weight is 292 g/mol. The normalized spacial score (nSPS) is 17.7. The Morgan fingerprint density at radius 2 is 2.29 bits per heavy atom. The number of nitrogens with one attached hydrogen (secondary N) is 2. The first-order valence-corrected chi connectivity index (χ1v) is 7.42. The predicted octanol–water partition coefficient (Wildman–Crippen LogP) is 2.23. The number of carbonyl (C=O) groups is 1. The number of para-hydroxylation sites is 1. The molecule has 1 aromatic carbocycles. The molecule has 0 aromatic heterocycles. The standard InChI is InChI=1S/C16H24N2O3/c1-11(2)7-17-8-13-6-4-5-12(3)15(13)20-10-14-9-18-16(19)21-14/h4-6,11,14,17H,7-10H2,1-3H3,(H,18,19). The van der Waals surface area contributed by atoms with Crippen molar-refractivity contribution in [2.45, 2.75) is 33.4 Å². The second-order valence-corrected chi connectivity index (χ2v) is 5.81. The van der Waals surface area contributed by atoms with Crippen molar-refractivity contribution in [3.05, 3.63) is 29.3 Å². The second-order valence-electron chi connectivity index (χ2n) is 5.81. The molecular weight excluding hydrogens is 268 g/mol. The van der Waals surface area contributed by atoms with E-state index in [-0.39, 0.29) is 12.2 Å². The summed E-state index contributed by atoms with van der Waals surface area (Å²) in [5.74, 6) is 1.50. The lowest BCUT2D eigenvalue weighted by atomic mass is 10.1. The van der Waals surface area contributed by atoms with Crippen LogP contribution in [0.15, 0.2) is 18.2 Å². The van der Waals surface area contributed by atoms with Crippen LogP contribution < -0.4 is 15.4 Å². The molecule has 0 saturated carbocycles. The van der Waals surface area contributed by atoms with Crippen molar-refractivity contribution in [2.75, 3.05) is 19.7 Å². The van der Waals surface area contributed by atoms with Gasteiger partial charge in [-0.2, -0.15) is 0 Å². The minimum atomic E-state index is -0.368. The van der Waals surface area contributed by atoms with Gasteiger partial charge in [-0.1, -0.05) is 32.0 Å². The molecule has 1 heterocycles. The van der Waals surface area contributed by atoms with E-state index < -0.39 is 0 Å². The molecule has 2 N–H and O–H groups in total. The van der Waals surface area contributed by atoms with E-state index in [1.807, 2.05) is 19.1 Å². The van der Waals surface area contributed by atoms with E-state index in [0.717, 1.165) is 30.0 Å². The van der Waals surface area contributed by atoms with Gasteiger partial charge in [0, 0.05) is 12.1 Å². The molecular formula is C16H24N2O3. The quantitative estimate of drug-likeness (QED) is 0.809. The Hall–Kier alpha value is -1.75. The van der Waals surface area contributed by atoms with E-state index in [1.54, 1.807) is 0 Å². The summed E-state index contributed by atoms with van der Waals surface area (Å²) < 4.78 is 11.0. The van der Waals surface area contributed by atoms with Crippen LogP contribution in [0.25, 0.3) is 0 Å². The van der Waals surface area contributed by atoms with Crippen molar-refractivity contribution < 1.29 is 14.3 Å². The van der Waals surface area contributed by atoms with Crippen LogP contribution in [0.4, 0.5) is 4.79 Å². The van der Waals surface area contributed by atoms with Gasteiger partial charge in [-0.25, -0.2) is 4.79 Å². The number of rotatable bonds is 7. The molecule has 21 heavy (non-hydrogen) atoms. The Morgan fingerprint density at radius 1 is 1.48 bits per heavy atom. The third-order valence-electron chi connectivity index (χ3n) is 3.32. The fourth-order valence-electron chi connectivity index (χ4n) is 2.26. The molecule has 5 heteroatoms. The van der Waals surface area contributed by atoms with Crippen LogP contribution in [-0.2, 0) is 11.3 Å². The highest BCUT2D eigenvalue weighted by atomic mass is 16.6. The number of ether oxygens (including phenoxy) is 2. The average Bonchev–Trinajstić information content (AvgIpc) is 2.83. The molecule has 1 atom stereocenters. The summed E-state index contributed by atoms with van der Waals surface area (Å²) in [6, 6.07) is 6.13. The van der Waals surface area contributed by atoms with Crippen LogP contribution in [0.2, 0.25) is 0 Å². The molecule has 0 aliphatic carbocycles. The van der Waals surface area contributed by atoms with Crippen LogP contribution in [0.3, 0.4) is 0 Å². The van der Waals surface area contributed by atoms with Gasteiger partial charge in [0.25, 0.3) is 0 Å². The third kappa shape index (κ3) is 4.63. The van der Waals surface area contributed by atoms with E-state index >= 15 is 0 Å². The highest BCUT2D eigenvalue weighted by Gasteiger charge is 2.23. The van der Waals surface area contributed by atoms with Gasteiger partial charge in [0.2, 0.25) is 0 Å². The number of benzene rings is 1. The Morgan fingerprint density at radius 3 is 2.95 bits per heavy atom. The Balaban J connectivity index is 1.94. The lowest BCUT2D eigenvalue weighted by Gasteiger charge is -2.17. The van der Waals surface area contributed by atoms with Gasteiger partial charge >= 0.3 is 6.09 Å². The monoisotopic (exact) mass is 292 g/mol. The SMILES string of the molecule is Cc1cccc(CNCC(C)C)c1OCC1CNC(=O)O1. The van der Waals surface area contributed by atoms with E-state index in [0.29, 0.717) is 19.1 Å². The largest absolute Gasteiger partial charge is 0.489 e. The fourth-order valence-corrected chi connectivity index (χ4v) is 2.26. The zero-order valence-corrected chi connectivity index (χ0v) is 12.9. The van der Waals surface area contributed by atoms with Crippen molar-refractivity contribution in [3.63, 3.8) is 0 Å². The smallest absolute Gasteiger partial charge is 0.407 e. The Kier molecular flexibility index (Phi) is 5.44.